The lowest BCUT2D eigenvalue weighted by Gasteiger charge is -2.28. The van der Waals surface area contributed by atoms with Crippen molar-refractivity contribution >= 4 is 17.8 Å². The molecule has 1 rings (SSSR count). The van der Waals surface area contributed by atoms with E-state index in [9.17, 15) is 19.5 Å². The molecule has 0 aliphatic heterocycles. The van der Waals surface area contributed by atoms with Gasteiger partial charge in [0.1, 0.15) is 11.6 Å². The summed E-state index contributed by atoms with van der Waals surface area (Å²) in [5, 5.41) is 20.5. The number of nitrogens with one attached hydrogen (secondary N) is 2. The summed E-state index contributed by atoms with van der Waals surface area (Å²) in [5.74, 6) is -3.22. The molecular formula is C14H22N4O5. The Bertz CT molecular complexity index is 558. The molecule has 0 fully saturated rings. The van der Waals surface area contributed by atoms with Crippen LogP contribution in [0.1, 0.15) is 32.4 Å². The molecule has 6 N–H and O–H groups in total. The predicted octanol–water partition coefficient (Wildman–Crippen LogP) is -0.260. The third-order valence-corrected chi connectivity index (χ3v) is 3.29. The first kappa shape index (κ1) is 18.6. The SMILES string of the molecule is CC(C)C[C@H](NC(=O)[C@@](N)(CC(=O)O)Cc1cnc[nH]1)C(=O)O. The van der Waals surface area contributed by atoms with Crippen molar-refractivity contribution < 1.29 is 24.6 Å². The molecule has 0 bridgehead atoms. The van der Waals surface area contributed by atoms with Gasteiger partial charge < -0.3 is 26.2 Å². The topological polar surface area (TPSA) is 158 Å². The van der Waals surface area contributed by atoms with Crippen LogP contribution in [0.5, 0.6) is 0 Å². The molecule has 128 valence electrons. The van der Waals surface area contributed by atoms with Gasteiger partial charge in [0.25, 0.3) is 0 Å². The van der Waals surface area contributed by atoms with Gasteiger partial charge in [0.15, 0.2) is 0 Å². The smallest absolute Gasteiger partial charge is 0.326 e. The van der Waals surface area contributed by atoms with Gasteiger partial charge in [-0.3, -0.25) is 9.59 Å². The Morgan fingerprint density at radius 2 is 2.04 bits per heavy atom. The van der Waals surface area contributed by atoms with Crippen molar-refractivity contribution in [3.63, 3.8) is 0 Å². The monoisotopic (exact) mass is 326 g/mol. The Labute approximate surface area is 133 Å². The maximum atomic E-state index is 12.4. The molecule has 2 atom stereocenters. The zero-order chi connectivity index (χ0) is 17.6. The maximum absolute atomic E-state index is 12.4. The number of carboxylic acid groups (broad SMARTS) is 2. The van der Waals surface area contributed by atoms with Crippen molar-refractivity contribution in [3.8, 4) is 0 Å². The molecule has 0 aromatic carbocycles. The van der Waals surface area contributed by atoms with Crippen LogP contribution in [0.15, 0.2) is 12.5 Å². The minimum Gasteiger partial charge on any atom is -0.481 e. The molecule has 0 aliphatic carbocycles. The number of carbonyl (C=O) groups is 3. The first-order valence-corrected chi connectivity index (χ1v) is 7.15. The summed E-state index contributed by atoms with van der Waals surface area (Å²) in [5.41, 5.74) is 4.69. The van der Waals surface area contributed by atoms with Crippen molar-refractivity contribution in [2.75, 3.05) is 0 Å². The fourth-order valence-electron chi connectivity index (χ4n) is 2.21. The van der Waals surface area contributed by atoms with Crippen molar-refractivity contribution in [2.45, 2.75) is 44.7 Å². The number of imidazole rings is 1. The molecule has 1 aromatic heterocycles. The lowest BCUT2D eigenvalue weighted by Crippen LogP contribution is -2.59. The summed E-state index contributed by atoms with van der Waals surface area (Å²) in [4.78, 5) is 41.3. The molecule has 0 unspecified atom stereocenters. The Kier molecular flexibility index (Phi) is 6.26. The Hall–Kier alpha value is -2.42. The van der Waals surface area contributed by atoms with Gasteiger partial charge in [0.05, 0.1) is 12.7 Å². The molecule has 9 nitrogen and oxygen atoms in total. The Balaban J connectivity index is 2.93. The predicted molar refractivity (Wildman–Crippen MR) is 80.5 cm³/mol. The number of aromatic amines is 1. The van der Waals surface area contributed by atoms with E-state index in [-0.39, 0.29) is 18.8 Å². The summed E-state index contributed by atoms with van der Waals surface area (Å²) in [6.45, 7) is 3.64. The molecule has 23 heavy (non-hydrogen) atoms. The van der Waals surface area contributed by atoms with Crippen LogP contribution >= 0.6 is 0 Å². The molecule has 0 saturated carbocycles. The highest BCUT2D eigenvalue weighted by Crippen LogP contribution is 2.15. The number of hydrogen-bond donors (Lipinski definition) is 5. The standard InChI is InChI=1S/C14H22N4O5/c1-8(2)3-10(12(21)22)18-13(23)14(15,5-11(19)20)4-9-6-16-7-17-9/h6-8,10H,3-5,15H2,1-2H3,(H,16,17)(H,18,23)(H,19,20)(H,21,22)/t10-,14-/m0/s1. The second kappa shape index (κ2) is 7.73. The van der Waals surface area contributed by atoms with Crippen LogP contribution in [0.3, 0.4) is 0 Å². The van der Waals surface area contributed by atoms with E-state index in [1.807, 2.05) is 13.8 Å². The third kappa shape index (κ3) is 5.70. The Morgan fingerprint density at radius 3 is 2.48 bits per heavy atom. The summed E-state index contributed by atoms with van der Waals surface area (Å²) in [7, 11) is 0. The highest BCUT2D eigenvalue weighted by molar-refractivity contribution is 5.93. The van der Waals surface area contributed by atoms with Gasteiger partial charge in [0.2, 0.25) is 5.91 Å². The maximum Gasteiger partial charge on any atom is 0.326 e. The average Bonchev–Trinajstić information content (AvgIpc) is 2.88. The molecule has 1 heterocycles. The number of carboxylic acids is 2. The highest BCUT2D eigenvalue weighted by Gasteiger charge is 2.39. The van der Waals surface area contributed by atoms with Crippen LogP contribution < -0.4 is 11.1 Å². The van der Waals surface area contributed by atoms with Gasteiger partial charge in [-0.25, -0.2) is 9.78 Å². The lowest BCUT2D eigenvalue weighted by molar-refractivity contribution is -0.145. The second-order valence-electron chi connectivity index (χ2n) is 5.97. The molecule has 1 aromatic rings. The van der Waals surface area contributed by atoms with Crippen LogP contribution in [-0.4, -0.2) is 49.6 Å². The molecule has 9 heteroatoms. The molecular weight excluding hydrogens is 304 g/mol. The number of aliphatic carboxylic acids is 2. The van der Waals surface area contributed by atoms with E-state index in [0.717, 1.165) is 0 Å². The molecule has 0 aliphatic rings. The van der Waals surface area contributed by atoms with E-state index in [1.54, 1.807) is 0 Å². The normalized spacial score (nSPS) is 15.0. The van der Waals surface area contributed by atoms with Crippen LogP contribution in [-0.2, 0) is 20.8 Å². The molecule has 1 amide bonds. The highest BCUT2D eigenvalue weighted by atomic mass is 16.4. The fourth-order valence-corrected chi connectivity index (χ4v) is 2.21. The van der Waals surface area contributed by atoms with Crippen molar-refractivity contribution in [2.24, 2.45) is 11.7 Å². The van der Waals surface area contributed by atoms with Gasteiger partial charge in [0, 0.05) is 18.3 Å². The minimum absolute atomic E-state index is 0.0376. The van der Waals surface area contributed by atoms with Gasteiger partial charge >= 0.3 is 11.9 Å². The molecule has 0 spiro atoms. The van der Waals surface area contributed by atoms with E-state index in [1.165, 1.54) is 12.5 Å². The van der Waals surface area contributed by atoms with E-state index in [4.69, 9.17) is 10.8 Å². The zero-order valence-corrected chi connectivity index (χ0v) is 13.1. The summed E-state index contributed by atoms with van der Waals surface area (Å²) >= 11 is 0. The van der Waals surface area contributed by atoms with Crippen LogP contribution in [0.2, 0.25) is 0 Å². The molecule has 0 saturated heterocycles. The number of rotatable bonds is 9. The number of carbonyl (C=O) groups excluding carboxylic acids is 1. The molecule has 0 radical (unpaired) electrons. The lowest BCUT2D eigenvalue weighted by atomic mass is 9.89. The fraction of sp³-hybridized carbons (Fsp3) is 0.571. The second-order valence-corrected chi connectivity index (χ2v) is 5.97. The van der Waals surface area contributed by atoms with E-state index < -0.39 is 35.8 Å². The van der Waals surface area contributed by atoms with Gasteiger partial charge in [-0.15, -0.1) is 0 Å². The van der Waals surface area contributed by atoms with Crippen molar-refractivity contribution in [1.29, 1.82) is 0 Å². The largest absolute Gasteiger partial charge is 0.481 e. The van der Waals surface area contributed by atoms with E-state index >= 15 is 0 Å². The summed E-state index contributed by atoms with van der Waals surface area (Å²) in [6.07, 6.45) is 2.30. The van der Waals surface area contributed by atoms with Crippen molar-refractivity contribution in [3.05, 3.63) is 18.2 Å². The summed E-state index contributed by atoms with van der Waals surface area (Å²) in [6, 6.07) is -1.12. The summed E-state index contributed by atoms with van der Waals surface area (Å²) < 4.78 is 0. The van der Waals surface area contributed by atoms with E-state index in [0.29, 0.717) is 5.69 Å². The number of hydrogen-bond acceptors (Lipinski definition) is 5. The van der Waals surface area contributed by atoms with Crippen molar-refractivity contribution in [1.82, 2.24) is 15.3 Å². The van der Waals surface area contributed by atoms with E-state index in [2.05, 4.69) is 15.3 Å². The number of amides is 1. The van der Waals surface area contributed by atoms with Gasteiger partial charge in [-0.1, -0.05) is 13.8 Å². The minimum atomic E-state index is -1.77. The third-order valence-electron chi connectivity index (χ3n) is 3.29. The quantitative estimate of drug-likeness (QED) is 0.418. The first-order chi connectivity index (χ1) is 10.6. The number of nitrogens with zero attached hydrogens (tertiary/aromatic N) is 1. The Morgan fingerprint density at radius 1 is 1.39 bits per heavy atom. The van der Waals surface area contributed by atoms with Gasteiger partial charge in [-0.2, -0.15) is 0 Å². The van der Waals surface area contributed by atoms with Crippen LogP contribution in [0.25, 0.3) is 0 Å². The zero-order valence-electron chi connectivity index (χ0n) is 13.1. The van der Waals surface area contributed by atoms with Crippen LogP contribution in [0.4, 0.5) is 0 Å². The van der Waals surface area contributed by atoms with Gasteiger partial charge in [-0.05, 0) is 12.3 Å². The number of aromatic nitrogens is 2. The van der Waals surface area contributed by atoms with Crippen LogP contribution in [0, 0.1) is 5.92 Å². The average molecular weight is 326 g/mol. The first-order valence-electron chi connectivity index (χ1n) is 7.15. The number of nitrogens with two attached hydrogens (primary N) is 1. The number of H-pyrrole nitrogens is 1.